The molecule has 2 fully saturated rings. The topological polar surface area (TPSA) is 66.1 Å². The average Bonchev–Trinajstić information content (AvgIpc) is 3.02. The van der Waals surface area contributed by atoms with Gasteiger partial charge in [-0.25, -0.2) is 4.98 Å². The van der Waals surface area contributed by atoms with Crippen molar-refractivity contribution in [2.24, 2.45) is 5.41 Å². The fourth-order valence-corrected chi connectivity index (χ4v) is 3.84. The number of rotatable bonds is 2. The van der Waals surface area contributed by atoms with Crippen LogP contribution in [0.4, 0.5) is 0 Å². The molecular weight excluding hydrogens is 260 g/mol. The molecule has 2 aliphatic heterocycles. The first kappa shape index (κ1) is 11.4. The minimum absolute atomic E-state index is 0.115. The van der Waals surface area contributed by atoms with Gasteiger partial charge in [-0.1, -0.05) is 11.6 Å². The number of nitriles is 1. The second kappa shape index (κ2) is 3.92. The molecule has 0 spiro atoms. The monoisotopic (exact) mass is 270 g/mol. The molecule has 0 aromatic carbocycles. The Balaban J connectivity index is 1.94. The Bertz CT molecular complexity index is 486. The molecule has 4 atom stereocenters. The first-order valence-corrected chi connectivity index (χ1v) is 6.71. The summed E-state index contributed by atoms with van der Waals surface area (Å²) in [7, 11) is 0. The van der Waals surface area contributed by atoms with Crippen LogP contribution in [0.2, 0.25) is 4.34 Å². The van der Waals surface area contributed by atoms with Crippen LogP contribution in [0, 0.1) is 16.7 Å². The molecule has 17 heavy (non-hydrogen) atoms. The van der Waals surface area contributed by atoms with Gasteiger partial charge in [0.2, 0.25) is 0 Å². The molecule has 3 heterocycles. The number of thiazole rings is 1. The summed E-state index contributed by atoms with van der Waals surface area (Å²) in [5, 5.41) is 20.3. The second-order valence-electron chi connectivity index (χ2n) is 4.59. The first-order chi connectivity index (χ1) is 8.15. The van der Waals surface area contributed by atoms with Crippen LogP contribution in [-0.4, -0.2) is 22.3 Å². The number of ether oxygens (including phenoxy) is 1. The summed E-state index contributed by atoms with van der Waals surface area (Å²) >= 11 is 7.03. The number of aliphatic hydroxyl groups is 1. The number of nitrogens with zero attached hydrogens (tertiary/aromatic N) is 2. The third-order valence-corrected chi connectivity index (χ3v) is 4.84. The van der Waals surface area contributed by atoms with E-state index in [4.69, 9.17) is 16.3 Å². The van der Waals surface area contributed by atoms with E-state index in [-0.39, 0.29) is 12.2 Å². The summed E-state index contributed by atoms with van der Waals surface area (Å²) in [6.07, 6.45) is 2.96. The molecule has 1 aromatic heterocycles. The maximum atomic E-state index is 10.4. The Morgan fingerprint density at radius 2 is 2.53 bits per heavy atom. The van der Waals surface area contributed by atoms with E-state index in [9.17, 15) is 10.4 Å². The van der Waals surface area contributed by atoms with Crippen LogP contribution >= 0.6 is 22.9 Å². The standard InChI is InChI=1S/C11H11ClN2O2S/c12-8-4-14-10(17-8)9(15)11(5-13)3-6-1-2-7(11)16-6/h4,6-7,9,15H,1-3H2. The SMILES string of the molecule is N#CC1(C(O)c2ncc(Cl)s2)CC2CCC1O2. The minimum atomic E-state index is -0.903. The zero-order chi connectivity index (χ0) is 12.0. The van der Waals surface area contributed by atoms with Gasteiger partial charge in [-0.2, -0.15) is 5.26 Å². The third-order valence-electron chi connectivity index (χ3n) is 3.67. The predicted molar refractivity (Wildman–Crippen MR) is 62.6 cm³/mol. The van der Waals surface area contributed by atoms with Gasteiger partial charge in [0.1, 0.15) is 20.9 Å². The average molecular weight is 271 g/mol. The van der Waals surface area contributed by atoms with Crippen molar-refractivity contribution in [3.8, 4) is 6.07 Å². The van der Waals surface area contributed by atoms with Gasteiger partial charge in [-0.15, -0.1) is 11.3 Å². The van der Waals surface area contributed by atoms with Crippen molar-refractivity contribution < 1.29 is 9.84 Å². The van der Waals surface area contributed by atoms with Crippen molar-refractivity contribution in [1.29, 1.82) is 5.26 Å². The van der Waals surface area contributed by atoms with Crippen molar-refractivity contribution in [3.63, 3.8) is 0 Å². The molecule has 0 radical (unpaired) electrons. The summed E-state index contributed by atoms with van der Waals surface area (Å²) in [4.78, 5) is 4.07. The van der Waals surface area contributed by atoms with Crippen LogP contribution in [0.3, 0.4) is 0 Å². The molecule has 0 saturated carbocycles. The van der Waals surface area contributed by atoms with E-state index >= 15 is 0 Å². The smallest absolute Gasteiger partial charge is 0.127 e. The Labute approximate surface area is 108 Å². The van der Waals surface area contributed by atoms with Crippen molar-refractivity contribution in [1.82, 2.24) is 4.98 Å². The van der Waals surface area contributed by atoms with Crippen LogP contribution < -0.4 is 0 Å². The fourth-order valence-electron chi connectivity index (χ4n) is 2.82. The second-order valence-corrected chi connectivity index (χ2v) is 6.28. The highest BCUT2D eigenvalue weighted by Crippen LogP contribution is 2.54. The highest BCUT2D eigenvalue weighted by molar-refractivity contribution is 7.15. The van der Waals surface area contributed by atoms with Gasteiger partial charge < -0.3 is 9.84 Å². The van der Waals surface area contributed by atoms with Crippen molar-refractivity contribution in [2.75, 3.05) is 0 Å². The zero-order valence-corrected chi connectivity index (χ0v) is 10.5. The summed E-state index contributed by atoms with van der Waals surface area (Å²) < 4.78 is 6.21. The number of aromatic nitrogens is 1. The molecule has 1 N–H and O–H groups in total. The van der Waals surface area contributed by atoms with Gasteiger partial charge in [-0.3, -0.25) is 0 Å². The molecule has 0 aliphatic carbocycles. The highest BCUT2D eigenvalue weighted by atomic mass is 35.5. The Kier molecular flexibility index (Phi) is 2.64. The largest absolute Gasteiger partial charge is 0.384 e. The molecule has 2 saturated heterocycles. The quantitative estimate of drug-likeness (QED) is 0.895. The molecule has 6 heteroatoms. The Morgan fingerprint density at radius 1 is 1.71 bits per heavy atom. The highest BCUT2D eigenvalue weighted by Gasteiger charge is 2.58. The summed E-state index contributed by atoms with van der Waals surface area (Å²) in [5.74, 6) is 0. The predicted octanol–water partition coefficient (Wildman–Crippen LogP) is 2.29. The van der Waals surface area contributed by atoms with Crippen LogP contribution in [0.15, 0.2) is 6.20 Å². The number of hydrogen-bond donors (Lipinski definition) is 1. The first-order valence-electron chi connectivity index (χ1n) is 5.52. The molecule has 90 valence electrons. The molecule has 3 rings (SSSR count). The van der Waals surface area contributed by atoms with Gasteiger partial charge >= 0.3 is 0 Å². The fraction of sp³-hybridized carbons (Fsp3) is 0.636. The van der Waals surface area contributed by atoms with E-state index in [2.05, 4.69) is 11.1 Å². The number of halogens is 1. The normalized spacial score (nSPS) is 37.0. The van der Waals surface area contributed by atoms with Crippen LogP contribution in [0.1, 0.15) is 30.4 Å². The lowest BCUT2D eigenvalue weighted by Gasteiger charge is -2.31. The summed E-state index contributed by atoms with van der Waals surface area (Å²) in [5.41, 5.74) is -0.843. The molecule has 2 bridgehead atoms. The maximum Gasteiger partial charge on any atom is 0.127 e. The third kappa shape index (κ3) is 1.59. The lowest BCUT2D eigenvalue weighted by Crippen LogP contribution is -2.37. The van der Waals surface area contributed by atoms with E-state index in [0.717, 1.165) is 12.8 Å². The van der Waals surface area contributed by atoms with Crippen molar-refractivity contribution in [3.05, 3.63) is 15.5 Å². The van der Waals surface area contributed by atoms with Crippen molar-refractivity contribution in [2.45, 2.75) is 37.6 Å². The van der Waals surface area contributed by atoms with Crippen molar-refractivity contribution >= 4 is 22.9 Å². The van der Waals surface area contributed by atoms with Gasteiger partial charge in [-0.05, 0) is 19.3 Å². The van der Waals surface area contributed by atoms with E-state index in [1.54, 1.807) is 0 Å². The van der Waals surface area contributed by atoms with E-state index < -0.39 is 11.5 Å². The zero-order valence-electron chi connectivity index (χ0n) is 8.97. The van der Waals surface area contributed by atoms with Crippen LogP contribution in [-0.2, 0) is 4.74 Å². The maximum absolute atomic E-state index is 10.4. The van der Waals surface area contributed by atoms with E-state index in [1.807, 2.05) is 0 Å². The summed E-state index contributed by atoms with van der Waals surface area (Å²) in [6, 6.07) is 2.26. The lowest BCUT2D eigenvalue weighted by atomic mass is 9.71. The van der Waals surface area contributed by atoms with Crippen LogP contribution in [0.5, 0.6) is 0 Å². The van der Waals surface area contributed by atoms with Crippen LogP contribution in [0.25, 0.3) is 0 Å². The van der Waals surface area contributed by atoms with Gasteiger partial charge in [0.05, 0.1) is 24.5 Å². The molecule has 4 unspecified atom stereocenters. The molecule has 1 aromatic rings. The van der Waals surface area contributed by atoms with Gasteiger partial charge in [0.15, 0.2) is 0 Å². The van der Waals surface area contributed by atoms with E-state index in [0.29, 0.717) is 15.8 Å². The lowest BCUT2D eigenvalue weighted by molar-refractivity contribution is 0.00332. The summed E-state index contributed by atoms with van der Waals surface area (Å²) in [6.45, 7) is 0. The van der Waals surface area contributed by atoms with Gasteiger partial charge in [0, 0.05) is 0 Å². The Hall–Kier alpha value is -0.670. The molecule has 4 nitrogen and oxygen atoms in total. The molecule has 0 amide bonds. The molecule has 2 aliphatic rings. The number of aliphatic hydroxyl groups excluding tert-OH is 1. The molecular formula is C11H11ClN2O2S. The minimum Gasteiger partial charge on any atom is -0.384 e. The number of hydrogen-bond acceptors (Lipinski definition) is 5. The van der Waals surface area contributed by atoms with Gasteiger partial charge in [0.25, 0.3) is 0 Å². The Morgan fingerprint density at radius 3 is 3.00 bits per heavy atom. The number of fused-ring (bicyclic) bond motifs is 2. The van der Waals surface area contributed by atoms with E-state index in [1.165, 1.54) is 17.5 Å².